The predicted molar refractivity (Wildman–Crippen MR) is 119 cm³/mol. The molecule has 1 aliphatic carbocycles. The summed E-state index contributed by atoms with van der Waals surface area (Å²) in [7, 11) is 0. The van der Waals surface area contributed by atoms with Crippen molar-refractivity contribution in [2.24, 2.45) is 5.73 Å². The molecule has 8 heteroatoms. The van der Waals surface area contributed by atoms with Crippen LogP contribution in [0.15, 0.2) is 54.9 Å². The molecule has 0 radical (unpaired) electrons. The lowest BCUT2D eigenvalue weighted by Gasteiger charge is -2.23. The quantitative estimate of drug-likeness (QED) is 0.580. The summed E-state index contributed by atoms with van der Waals surface area (Å²) in [5.41, 5.74) is 10.1. The van der Waals surface area contributed by atoms with Gasteiger partial charge in [0, 0.05) is 42.0 Å². The minimum Gasteiger partial charge on any atom is -0.333 e. The number of nitrogens with two attached hydrogens (primary N) is 1. The summed E-state index contributed by atoms with van der Waals surface area (Å²) in [6.07, 6.45) is -0.816. The number of carbonyl (C=O) groups is 1. The molecule has 3 aromatic rings. The van der Waals surface area contributed by atoms with E-state index in [1.807, 2.05) is 12.1 Å². The number of benzene rings is 2. The smallest absolute Gasteiger partial charge is 0.333 e. The third-order valence-electron chi connectivity index (χ3n) is 6.02. The van der Waals surface area contributed by atoms with Crippen molar-refractivity contribution in [1.29, 1.82) is 0 Å². The van der Waals surface area contributed by atoms with Crippen LogP contribution >= 0.6 is 0 Å². The van der Waals surface area contributed by atoms with E-state index in [2.05, 4.69) is 16.9 Å². The summed E-state index contributed by atoms with van der Waals surface area (Å²) in [5, 5.41) is 0. The number of hydrogen-bond acceptors (Lipinski definition) is 4. The van der Waals surface area contributed by atoms with Crippen molar-refractivity contribution >= 4 is 5.91 Å². The van der Waals surface area contributed by atoms with Gasteiger partial charge in [0.2, 0.25) is 0 Å². The molecule has 5 nitrogen and oxygen atoms in total. The van der Waals surface area contributed by atoms with E-state index in [1.54, 1.807) is 23.4 Å². The Labute approximate surface area is 190 Å². The van der Waals surface area contributed by atoms with Gasteiger partial charge >= 0.3 is 6.18 Å². The van der Waals surface area contributed by atoms with Gasteiger partial charge < -0.3 is 10.6 Å². The van der Waals surface area contributed by atoms with Crippen molar-refractivity contribution < 1.29 is 18.0 Å². The number of halogens is 3. The number of carbonyl (C=O) groups excluding carboxylic acids is 1. The van der Waals surface area contributed by atoms with Gasteiger partial charge in [0.15, 0.2) is 0 Å². The van der Waals surface area contributed by atoms with E-state index in [4.69, 9.17) is 5.73 Å². The van der Waals surface area contributed by atoms with Gasteiger partial charge in [-0.15, -0.1) is 0 Å². The van der Waals surface area contributed by atoms with E-state index in [0.717, 1.165) is 41.9 Å². The Morgan fingerprint density at radius 3 is 2.42 bits per heavy atom. The van der Waals surface area contributed by atoms with E-state index in [0.29, 0.717) is 23.6 Å². The molecule has 0 spiro atoms. The molecule has 1 heterocycles. The van der Waals surface area contributed by atoms with E-state index < -0.39 is 11.7 Å². The molecule has 0 unspecified atom stereocenters. The molecule has 33 heavy (non-hydrogen) atoms. The molecule has 1 amide bonds. The molecule has 0 saturated carbocycles. The topological polar surface area (TPSA) is 72.1 Å². The monoisotopic (exact) mass is 454 g/mol. The molecule has 0 bridgehead atoms. The van der Waals surface area contributed by atoms with Gasteiger partial charge in [-0.25, -0.2) is 9.97 Å². The minimum atomic E-state index is -4.39. The van der Waals surface area contributed by atoms with E-state index in [9.17, 15) is 18.0 Å². The summed E-state index contributed by atoms with van der Waals surface area (Å²) in [6.45, 7) is 2.88. The number of rotatable bonds is 6. The zero-order valence-electron chi connectivity index (χ0n) is 18.3. The lowest BCUT2D eigenvalue weighted by atomic mass is 9.98. The van der Waals surface area contributed by atoms with Gasteiger partial charge in [0.25, 0.3) is 5.91 Å². The first-order chi connectivity index (χ1) is 15.8. The van der Waals surface area contributed by atoms with Crippen LogP contribution in [-0.4, -0.2) is 33.9 Å². The van der Waals surface area contributed by atoms with Gasteiger partial charge in [-0.05, 0) is 48.6 Å². The van der Waals surface area contributed by atoms with Crippen molar-refractivity contribution in [3.8, 4) is 11.3 Å². The van der Waals surface area contributed by atoms with Gasteiger partial charge in [-0.1, -0.05) is 31.2 Å². The fourth-order valence-electron chi connectivity index (χ4n) is 4.26. The molecule has 1 aromatic heterocycles. The molecule has 1 atom stereocenters. The maximum atomic E-state index is 13.1. The van der Waals surface area contributed by atoms with Crippen LogP contribution in [0.3, 0.4) is 0 Å². The normalized spacial score (nSPS) is 15.4. The third kappa shape index (κ3) is 4.90. The van der Waals surface area contributed by atoms with Gasteiger partial charge in [-0.2, -0.15) is 13.2 Å². The zero-order chi connectivity index (χ0) is 23.6. The number of nitrogens with zero attached hydrogens (tertiary/aromatic N) is 3. The van der Waals surface area contributed by atoms with Crippen LogP contribution in [0.5, 0.6) is 0 Å². The first kappa shape index (κ1) is 22.9. The molecule has 4 rings (SSSR count). The standard InChI is InChI=1S/C25H25F3N4O/c1-16-2-11-21-22(16)23(31-15-30-21)18-5-7-19(8-6-18)24(33)32(13-12-29)14-17-3-9-20(10-4-17)25(26,27)28/h3-10,15-16H,2,11-14,29H2,1H3/t16-/m1/s1. The number of alkyl halides is 3. The first-order valence-electron chi connectivity index (χ1n) is 10.9. The highest BCUT2D eigenvalue weighted by Gasteiger charge is 2.30. The molecule has 1 aliphatic rings. The highest BCUT2D eigenvalue weighted by atomic mass is 19.4. The molecule has 0 fully saturated rings. The largest absolute Gasteiger partial charge is 0.416 e. The SMILES string of the molecule is C[C@@H]1CCc2ncnc(-c3ccc(C(=O)N(CCN)Cc4ccc(C(F)(F)F)cc4)cc3)c21. The number of hydrogen-bond donors (Lipinski definition) is 1. The Bertz CT molecular complexity index is 1130. The molecule has 0 saturated heterocycles. The molecule has 172 valence electrons. The zero-order valence-corrected chi connectivity index (χ0v) is 18.3. The Hall–Kier alpha value is -3.26. The number of amides is 1. The summed E-state index contributed by atoms with van der Waals surface area (Å²) in [5.74, 6) is 0.162. The van der Waals surface area contributed by atoms with Crippen LogP contribution in [-0.2, 0) is 19.1 Å². The van der Waals surface area contributed by atoms with E-state index >= 15 is 0 Å². The average Bonchev–Trinajstić information content (AvgIpc) is 3.19. The fourth-order valence-corrected chi connectivity index (χ4v) is 4.26. The molecular formula is C25H25F3N4O. The Kier molecular flexibility index (Phi) is 6.47. The van der Waals surface area contributed by atoms with E-state index in [-0.39, 0.29) is 19.0 Å². The van der Waals surface area contributed by atoms with Crippen LogP contribution in [0.2, 0.25) is 0 Å². The molecule has 2 aromatic carbocycles. The molecule has 2 N–H and O–H groups in total. The maximum absolute atomic E-state index is 13.1. The maximum Gasteiger partial charge on any atom is 0.416 e. The van der Waals surface area contributed by atoms with Crippen molar-refractivity contribution in [3.05, 3.63) is 82.8 Å². The molecule has 0 aliphatic heterocycles. The Morgan fingerprint density at radius 2 is 1.79 bits per heavy atom. The van der Waals surface area contributed by atoms with Crippen LogP contribution in [0, 0.1) is 0 Å². The van der Waals surface area contributed by atoms with Crippen LogP contribution in [0.25, 0.3) is 11.3 Å². The van der Waals surface area contributed by atoms with Crippen molar-refractivity contribution in [3.63, 3.8) is 0 Å². The second kappa shape index (κ2) is 9.31. The number of aromatic nitrogens is 2. The highest BCUT2D eigenvalue weighted by Crippen LogP contribution is 2.37. The second-order valence-corrected chi connectivity index (χ2v) is 8.31. The highest BCUT2D eigenvalue weighted by molar-refractivity contribution is 5.94. The summed E-state index contributed by atoms with van der Waals surface area (Å²) in [4.78, 5) is 23.5. The third-order valence-corrected chi connectivity index (χ3v) is 6.02. The lowest BCUT2D eigenvalue weighted by Crippen LogP contribution is -2.34. The lowest BCUT2D eigenvalue weighted by molar-refractivity contribution is -0.137. The van der Waals surface area contributed by atoms with Crippen LogP contribution in [0.4, 0.5) is 13.2 Å². The second-order valence-electron chi connectivity index (χ2n) is 8.31. The van der Waals surface area contributed by atoms with Crippen molar-refractivity contribution in [2.75, 3.05) is 13.1 Å². The summed E-state index contributed by atoms with van der Waals surface area (Å²) < 4.78 is 38.4. The van der Waals surface area contributed by atoms with E-state index in [1.165, 1.54) is 17.7 Å². The Balaban J connectivity index is 1.53. The first-order valence-corrected chi connectivity index (χ1v) is 10.9. The van der Waals surface area contributed by atoms with Crippen molar-refractivity contribution in [1.82, 2.24) is 14.9 Å². The summed E-state index contributed by atoms with van der Waals surface area (Å²) in [6, 6.07) is 12.1. The van der Waals surface area contributed by atoms with Gasteiger partial charge in [-0.3, -0.25) is 4.79 Å². The predicted octanol–water partition coefficient (Wildman–Crippen LogP) is 4.81. The summed E-state index contributed by atoms with van der Waals surface area (Å²) >= 11 is 0. The van der Waals surface area contributed by atoms with Crippen LogP contribution in [0.1, 0.15) is 52.0 Å². The van der Waals surface area contributed by atoms with Crippen LogP contribution < -0.4 is 5.73 Å². The number of aryl methyl sites for hydroxylation is 1. The fraction of sp³-hybridized carbons (Fsp3) is 0.320. The Morgan fingerprint density at radius 1 is 1.09 bits per heavy atom. The van der Waals surface area contributed by atoms with Gasteiger partial charge in [0.1, 0.15) is 6.33 Å². The number of fused-ring (bicyclic) bond motifs is 1. The van der Waals surface area contributed by atoms with Crippen molar-refractivity contribution in [2.45, 2.75) is 38.4 Å². The van der Waals surface area contributed by atoms with Gasteiger partial charge in [0.05, 0.1) is 11.3 Å². The molecular weight excluding hydrogens is 429 g/mol. The average molecular weight is 454 g/mol. The minimum absolute atomic E-state index is 0.173.